The predicted octanol–water partition coefficient (Wildman–Crippen LogP) is 0.186. The second-order valence-electron chi connectivity index (χ2n) is 5.09. The summed E-state index contributed by atoms with van der Waals surface area (Å²) < 4.78 is 4.66. The first-order valence-electron chi connectivity index (χ1n) is 6.99. The molecule has 0 spiro atoms. The van der Waals surface area contributed by atoms with Crippen LogP contribution in [-0.2, 0) is 14.3 Å². The van der Waals surface area contributed by atoms with E-state index in [-0.39, 0.29) is 11.3 Å². The van der Waals surface area contributed by atoms with Crippen molar-refractivity contribution in [3.05, 3.63) is 29.8 Å². The second kappa shape index (κ2) is 7.04. The van der Waals surface area contributed by atoms with Crippen LogP contribution in [0.4, 0.5) is 5.69 Å². The second-order valence-corrected chi connectivity index (χ2v) is 5.09. The molecule has 1 aromatic carbocycles. The van der Waals surface area contributed by atoms with Crippen molar-refractivity contribution in [1.82, 2.24) is 9.80 Å². The largest absolute Gasteiger partial charge is 0.465 e. The molecular formula is C15H19N3O4. The molecule has 0 radical (unpaired) electrons. The van der Waals surface area contributed by atoms with E-state index in [9.17, 15) is 14.4 Å². The van der Waals surface area contributed by atoms with Gasteiger partial charge in [0, 0.05) is 26.2 Å². The van der Waals surface area contributed by atoms with Crippen molar-refractivity contribution in [2.75, 3.05) is 45.7 Å². The Labute approximate surface area is 128 Å². The van der Waals surface area contributed by atoms with Gasteiger partial charge in [-0.1, -0.05) is 12.1 Å². The molecule has 2 amide bonds. The van der Waals surface area contributed by atoms with E-state index in [2.05, 4.69) is 15.0 Å². The Morgan fingerprint density at radius 2 is 1.73 bits per heavy atom. The van der Waals surface area contributed by atoms with Crippen LogP contribution in [0, 0.1) is 0 Å². The Hall–Kier alpha value is -2.41. The SMILES string of the molecule is COC(=O)c1ccccc1NC(=O)C(=O)N1CCN(C)CC1. The molecule has 1 saturated heterocycles. The molecule has 2 rings (SSSR count). The molecule has 7 heteroatoms. The van der Waals surface area contributed by atoms with Crippen molar-refractivity contribution in [3.8, 4) is 0 Å². The van der Waals surface area contributed by atoms with E-state index in [0.717, 1.165) is 13.1 Å². The average molecular weight is 305 g/mol. The van der Waals surface area contributed by atoms with E-state index < -0.39 is 17.8 Å². The van der Waals surface area contributed by atoms with Gasteiger partial charge in [-0.25, -0.2) is 4.79 Å². The van der Waals surface area contributed by atoms with Crippen LogP contribution in [0.25, 0.3) is 0 Å². The number of carbonyl (C=O) groups is 3. The highest BCUT2D eigenvalue weighted by Gasteiger charge is 2.25. The van der Waals surface area contributed by atoms with Crippen LogP contribution in [0.2, 0.25) is 0 Å². The zero-order valence-electron chi connectivity index (χ0n) is 12.7. The fraction of sp³-hybridized carbons (Fsp3) is 0.400. The fourth-order valence-corrected chi connectivity index (χ4v) is 2.21. The van der Waals surface area contributed by atoms with Crippen molar-refractivity contribution in [2.45, 2.75) is 0 Å². The summed E-state index contributed by atoms with van der Waals surface area (Å²) in [5, 5.41) is 2.49. The van der Waals surface area contributed by atoms with Crippen LogP contribution in [0.5, 0.6) is 0 Å². The Morgan fingerprint density at radius 3 is 2.36 bits per heavy atom. The lowest BCUT2D eigenvalue weighted by Crippen LogP contribution is -2.50. The van der Waals surface area contributed by atoms with Gasteiger partial charge < -0.3 is 19.9 Å². The van der Waals surface area contributed by atoms with Gasteiger partial charge in [-0.3, -0.25) is 9.59 Å². The summed E-state index contributed by atoms with van der Waals surface area (Å²) in [4.78, 5) is 39.5. The number of methoxy groups -OCH3 is 1. The Morgan fingerprint density at radius 1 is 1.09 bits per heavy atom. The standard InChI is InChI=1S/C15H19N3O4/c1-17-7-9-18(10-8-17)14(20)13(19)16-12-6-4-3-5-11(12)15(21)22-2/h3-6H,7-10H2,1-2H3,(H,16,19). The van der Waals surface area contributed by atoms with E-state index in [4.69, 9.17) is 0 Å². The summed E-state index contributed by atoms with van der Waals surface area (Å²) in [6.07, 6.45) is 0. The third-order valence-corrected chi connectivity index (χ3v) is 3.57. The van der Waals surface area contributed by atoms with Gasteiger partial charge in [-0.2, -0.15) is 0 Å². The molecular weight excluding hydrogens is 286 g/mol. The van der Waals surface area contributed by atoms with Crippen LogP contribution in [0.15, 0.2) is 24.3 Å². The third-order valence-electron chi connectivity index (χ3n) is 3.57. The quantitative estimate of drug-likeness (QED) is 0.623. The maximum Gasteiger partial charge on any atom is 0.339 e. The lowest BCUT2D eigenvalue weighted by molar-refractivity contribution is -0.144. The number of para-hydroxylation sites is 1. The number of benzene rings is 1. The monoisotopic (exact) mass is 305 g/mol. The molecule has 1 fully saturated rings. The molecule has 0 bridgehead atoms. The number of ether oxygens (including phenoxy) is 1. The van der Waals surface area contributed by atoms with Crippen LogP contribution in [0.3, 0.4) is 0 Å². The van der Waals surface area contributed by atoms with E-state index >= 15 is 0 Å². The van der Waals surface area contributed by atoms with Crippen molar-refractivity contribution in [3.63, 3.8) is 0 Å². The summed E-state index contributed by atoms with van der Waals surface area (Å²) in [6.45, 7) is 2.50. The summed E-state index contributed by atoms with van der Waals surface area (Å²) in [5.74, 6) is -1.91. The van der Waals surface area contributed by atoms with Crippen molar-refractivity contribution >= 4 is 23.5 Å². The maximum absolute atomic E-state index is 12.1. The van der Waals surface area contributed by atoms with Crippen molar-refractivity contribution < 1.29 is 19.1 Å². The minimum Gasteiger partial charge on any atom is -0.465 e. The molecule has 1 aliphatic rings. The molecule has 0 atom stereocenters. The minimum absolute atomic E-state index is 0.213. The Kier molecular flexibility index (Phi) is 5.11. The molecule has 22 heavy (non-hydrogen) atoms. The molecule has 0 aromatic heterocycles. The van der Waals surface area contributed by atoms with Crippen LogP contribution in [0.1, 0.15) is 10.4 Å². The van der Waals surface area contributed by atoms with E-state index in [1.54, 1.807) is 18.2 Å². The average Bonchev–Trinajstić information content (AvgIpc) is 2.54. The molecule has 0 aliphatic carbocycles. The summed E-state index contributed by atoms with van der Waals surface area (Å²) in [6, 6.07) is 6.41. The minimum atomic E-state index is -0.749. The molecule has 118 valence electrons. The van der Waals surface area contributed by atoms with Gasteiger partial charge >= 0.3 is 17.8 Å². The highest BCUT2D eigenvalue weighted by molar-refractivity contribution is 6.39. The first-order chi connectivity index (χ1) is 10.5. The number of amides is 2. The molecule has 7 nitrogen and oxygen atoms in total. The maximum atomic E-state index is 12.1. The zero-order chi connectivity index (χ0) is 16.1. The normalized spacial score (nSPS) is 15.3. The number of hydrogen-bond acceptors (Lipinski definition) is 5. The number of piperazine rings is 1. The summed E-state index contributed by atoms with van der Waals surface area (Å²) in [5.41, 5.74) is 0.478. The Balaban J connectivity index is 2.06. The predicted molar refractivity (Wildman–Crippen MR) is 80.5 cm³/mol. The van der Waals surface area contributed by atoms with Gasteiger partial charge in [-0.05, 0) is 19.2 Å². The number of carbonyl (C=O) groups excluding carboxylic acids is 3. The number of esters is 1. The molecule has 0 unspecified atom stereocenters. The summed E-state index contributed by atoms with van der Waals surface area (Å²) >= 11 is 0. The highest BCUT2D eigenvalue weighted by Crippen LogP contribution is 2.16. The third kappa shape index (κ3) is 3.62. The topological polar surface area (TPSA) is 78.9 Å². The van der Waals surface area contributed by atoms with Crippen molar-refractivity contribution in [1.29, 1.82) is 0 Å². The number of rotatable bonds is 2. The number of nitrogens with one attached hydrogen (secondary N) is 1. The van der Waals surface area contributed by atoms with Gasteiger partial charge in [0.05, 0.1) is 18.4 Å². The molecule has 1 N–H and O–H groups in total. The van der Waals surface area contributed by atoms with E-state index in [0.29, 0.717) is 13.1 Å². The van der Waals surface area contributed by atoms with E-state index in [1.165, 1.54) is 18.1 Å². The molecule has 1 heterocycles. The smallest absolute Gasteiger partial charge is 0.339 e. The van der Waals surface area contributed by atoms with Crippen molar-refractivity contribution in [2.24, 2.45) is 0 Å². The van der Waals surface area contributed by atoms with Gasteiger partial charge in [0.1, 0.15) is 0 Å². The number of hydrogen-bond donors (Lipinski definition) is 1. The van der Waals surface area contributed by atoms with Crippen LogP contribution < -0.4 is 5.32 Å². The lowest BCUT2D eigenvalue weighted by Gasteiger charge is -2.31. The fourth-order valence-electron chi connectivity index (χ4n) is 2.21. The van der Waals surface area contributed by atoms with Gasteiger partial charge in [0.25, 0.3) is 0 Å². The van der Waals surface area contributed by atoms with Crippen LogP contribution in [-0.4, -0.2) is 67.9 Å². The van der Waals surface area contributed by atoms with Gasteiger partial charge in [-0.15, -0.1) is 0 Å². The number of nitrogens with zero attached hydrogens (tertiary/aromatic N) is 2. The first kappa shape index (κ1) is 16.0. The molecule has 0 saturated carbocycles. The van der Waals surface area contributed by atoms with E-state index in [1.807, 2.05) is 7.05 Å². The van der Waals surface area contributed by atoms with Gasteiger partial charge in [0.15, 0.2) is 0 Å². The zero-order valence-corrected chi connectivity index (χ0v) is 12.7. The summed E-state index contributed by atoms with van der Waals surface area (Å²) in [7, 11) is 3.23. The van der Waals surface area contributed by atoms with Crippen LogP contribution >= 0.6 is 0 Å². The molecule has 1 aromatic rings. The first-order valence-corrected chi connectivity index (χ1v) is 6.99. The van der Waals surface area contributed by atoms with Gasteiger partial charge in [0.2, 0.25) is 0 Å². The lowest BCUT2D eigenvalue weighted by atomic mass is 10.2. The Bertz CT molecular complexity index is 580. The number of anilines is 1. The number of likely N-dealkylation sites (N-methyl/N-ethyl adjacent to an activating group) is 1. The molecule has 1 aliphatic heterocycles. The highest BCUT2D eigenvalue weighted by atomic mass is 16.5.